The van der Waals surface area contributed by atoms with Crippen molar-refractivity contribution in [2.75, 3.05) is 18.1 Å². The van der Waals surface area contributed by atoms with E-state index in [-0.39, 0.29) is 11.3 Å². The molecule has 1 atom stereocenters. The quantitative estimate of drug-likeness (QED) is 0.924. The fourth-order valence-corrected chi connectivity index (χ4v) is 5.01. The summed E-state index contributed by atoms with van der Waals surface area (Å²) >= 11 is 1.67. The van der Waals surface area contributed by atoms with Crippen LogP contribution < -0.4 is 5.32 Å². The van der Waals surface area contributed by atoms with Crippen molar-refractivity contribution in [3.05, 3.63) is 16.1 Å². The van der Waals surface area contributed by atoms with Crippen LogP contribution in [0.5, 0.6) is 0 Å². The van der Waals surface area contributed by atoms with Crippen LogP contribution in [-0.2, 0) is 21.8 Å². The standard InChI is InChI=1S/C13H22N2O2S2/c1-13(2,3)11-8-18-12(15-11)7-14-6-10-4-5-19(16,17)9-10/h8,10,14H,4-7,9H2,1-3H3. The van der Waals surface area contributed by atoms with E-state index < -0.39 is 9.84 Å². The van der Waals surface area contributed by atoms with Gasteiger partial charge in [-0.3, -0.25) is 0 Å². The highest BCUT2D eigenvalue weighted by Gasteiger charge is 2.27. The van der Waals surface area contributed by atoms with Crippen LogP contribution in [-0.4, -0.2) is 31.5 Å². The summed E-state index contributed by atoms with van der Waals surface area (Å²) in [6.45, 7) is 7.97. The highest BCUT2D eigenvalue weighted by atomic mass is 32.2. The predicted molar refractivity (Wildman–Crippen MR) is 79.3 cm³/mol. The molecule has 0 amide bonds. The van der Waals surface area contributed by atoms with E-state index in [9.17, 15) is 8.42 Å². The normalized spacial score (nSPS) is 22.8. The van der Waals surface area contributed by atoms with Crippen LogP contribution >= 0.6 is 11.3 Å². The van der Waals surface area contributed by atoms with E-state index in [1.165, 1.54) is 0 Å². The van der Waals surface area contributed by atoms with Gasteiger partial charge in [-0.1, -0.05) is 20.8 Å². The van der Waals surface area contributed by atoms with E-state index in [1.54, 1.807) is 11.3 Å². The van der Waals surface area contributed by atoms with Gasteiger partial charge in [0.05, 0.1) is 17.2 Å². The van der Waals surface area contributed by atoms with Crippen LogP contribution in [0.1, 0.15) is 37.9 Å². The van der Waals surface area contributed by atoms with E-state index in [4.69, 9.17) is 0 Å². The Balaban J connectivity index is 1.79. The molecule has 108 valence electrons. The molecule has 0 saturated carbocycles. The van der Waals surface area contributed by atoms with Gasteiger partial charge in [-0.25, -0.2) is 13.4 Å². The number of hydrogen-bond acceptors (Lipinski definition) is 5. The zero-order valence-electron chi connectivity index (χ0n) is 11.8. The monoisotopic (exact) mass is 302 g/mol. The Labute approximate surface area is 119 Å². The summed E-state index contributed by atoms with van der Waals surface area (Å²) in [5.41, 5.74) is 1.21. The van der Waals surface area contributed by atoms with Crippen LogP contribution in [0.2, 0.25) is 0 Å². The highest BCUT2D eigenvalue weighted by molar-refractivity contribution is 7.91. The SMILES string of the molecule is CC(C)(C)c1csc(CNCC2CCS(=O)(=O)C2)n1. The number of rotatable bonds is 4. The van der Waals surface area contributed by atoms with E-state index in [0.29, 0.717) is 11.5 Å². The third kappa shape index (κ3) is 4.26. The molecule has 2 heterocycles. The minimum absolute atomic E-state index is 0.0915. The third-order valence-corrected chi connectivity index (χ3v) is 6.04. The molecular formula is C13H22N2O2S2. The van der Waals surface area contributed by atoms with Crippen molar-refractivity contribution in [1.29, 1.82) is 0 Å². The van der Waals surface area contributed by atoms with Crippen molar-refractivity contribution >= 4 is 21.2 Å². The summed E-state index contributed by atoms with van der Waals surface area (Å²) in [6, 6.07) is 0. The molecule has 0 aliphatic carbocycles. The zero-order valence-corrected chi connectivity index (χ0v) is 13.4. The molecule has 0 radical (unpaired) electrons. The van der Waals surface area contributed by atoms with Gasteiger partial charge in [0, 0.05) is 17.3 Å². The van der Waals surface area contributed by atoms with Crippen LogP contribution in [0.4, 0.5) is 0 Å². The molecule has 1 N–H and O–H groups in total. The molecule has 6 heteroatoms. The molecule has 4 nitrogen and oxygen atoms in total. The van der Waals surface area contributed by atoms with Crippen molar-refractivity contribution in [2.45, 2.75) is 39.2 Å². The molecule has 0 bridgehead atoms. The summed E-state index contributed by atoms with van der Waals surface area (Å²) in [4.78, 5) is 4.61. The number of aromatic nitrogens is 1. The molecule has 1 fully saturated rings. The number of nitrogens with zero attached hydrogens (tertiary/aromatic N) is 1. The lowest BCUT2D eigenvalue weighted by Gasteiger charge is -2.14. The Kier molecular flexibility index (Phi) is 4.32. The van der Waals surface area contributed by atoms with Crippen LogP contribution in [0.25, 0.3) is 0 Å². The first-order valence-corrected chi connectivity index (χ1v) is 9.32. The summed E-state index contributed by atoms with van der Waals surface area (Å²) in [6.07, 6.45) is 0.792. The van der Waals surface area contributed by atoms with Crippen LogP contribution in [0, 0.1) is 5.92 Å². The molecule has 1 aliphatic rings. The second-order valence-corrected chi connectivity index (χ2v) is 9.45. The van der Waals surface area contributed by atoms with Gasteiger partial charge in [-0.2, -0.15) is 0 Å². The Morgan fingerprint density at radius 3 is 2.74 bits per heavy atom. The van der Waals surface area contributed by atoms with Gasteiger partial charge in [-0.05, 0) is 18.9 Å². The maximum absolute atomic E-state index is 11.3. The van der Waals surface area contributed by atoms with Gasteiger partial charge in [0.15, 0.2) is 9.84 Å². The first kappa shape index (κ1) is 14.9. The lowest BCUT2D eigenvalue weighted by molar-refractivity contribution is 0.517. The number of nitrogens with one attached hydrogen (secondary N) is 1. The second-order valence-electron chi connectivity index (χ2n) is 6.28. The molecule has 1 aliphatic heterocycles. The molecule has 0 spiro atoms. The van der Waals surface area contributed by atoms with Crippen molar-refractivity contribution in [3.8, 4) is 0 Å². The van der Waals surface area contributed by atoms with Gasteiger partial charge in [0.2, 0.25) is 0 Å². The van der Waals surface area contributed by atoms with Crippen molar-refractivity contribution < 1.29 is 8.42 Å². The maximum atomic E-state index is 11.3. The molecule has 1 aromatic rings. The molecule has 1 unspecified atom stereocenters. The first-order chi connectivity index (χ1) is 8.76. The zero-order chi connectivity index (χ0) is 14.1. The van der Waals surface area contributed by atoms with Gasteiger partial charge in [0.1, 0.15) is 5.01 Å². The number of thiazole rings is 1. The fraction of sp³-hybridized carbons (Fsp3) is 0.769. The number of hydrogen-bond donors (Lipinski definition) is 1. The Morgan fingerprint density at radius 2 is 2.21 bits per heavy atom. The summed E-state index contributed by atoms with van der Waals surface area (Å²) in [5, 5.41) is 6.51. The third-order valence-electron chi connectivity index (χ3n) is 3.36. The molecule has 19 heavy (non-hydrogen) atoms. The Morgan fingerprint density at radius 1 is 1.47 bits per heavy atom. The second kappa shape index (κ2) is 5.50. The van der Waals surface area contributed by atoms with Gasteiger partial charge < -0.3 is 5.32 Å². The van der Waals surface area contributed by atoms with Crippen molar-refractivity contribution in [1.82, 2.24) is 10.3 Å². The van der Waals surface area contributed by atoms with Gasteiger partial charge in [-0.15, -0.1) is 11.3 Å². The topological polar surface area (TPSA) is 59.1 Å². The average molecular weight is 302 g/mol. The summed E-state index contributed by atoms with van der Waals surface area (Å²) in [5.74, 6) is 0.961. The summed E-state index contributed by atoms with van der Waals surface area (Å²) < 4.78 is 22.7. The van der Waals surface area contributed by atoms with Gasteiger partial charge in [0.25, 0.3) is 0 Å². The van der Waals surface area contributed by atoms with Gasteiger partial charge >= 0.3 is 0 Å². The summed E-state index contributed by atoms with van der Waals surface area (Å²) in [7, 11) is -2.76. The molecular weight excluding hydrogens is 280 g/mol. The van der Waals surface area contributed by atoms with Crippen LogP contribution in [0.3, 0.4) is 0 Å². The van der Waals surface area contributed by atoms with E-state index in [0.717, 1.165) is 30.2 Å². The highest BCUT2D eigenvalue weighted by Crippen LogP contribution is 2.24. The molecule has 2 rings (SSSR count). The number of sulfone groups is 1. The molecule has 1 saturated heterocycles. The Bertz CT molecular complexity index is 529. The van der Waals surface area contributed by atoms with E-state index in [1.807, 2.05) is 0 Å². The van der Waals surface area contributed by atoms with Crippen molar-refractivity contribution in [3.63, 3.8) is 0 Å². The predicted octanol–water partition coefficient (Wildman–Crippen LogP) is 1.96. The van der Waals surface area contributed by atoms with Crippen molar-refractivity contribution in [2.24, 2.45) is 5.92 Å². The van der Waals surface area contributed by atoms with Crippen LogP contribution in [0.15, 0.2) is 5.38 Å². The average Bonchev–Trinajstić information content (AvgIpc) is 2.85. The van der Waals surface area contributed by atoms with E-state index >= 15 is 0 Å². The minimum atomic E-state index is -2.76. The minimum Gasteiger partial charge on any atom is -0.310 e. The Hall–Kier alpha value is -0.460. The smallest absolute Gasteiger partial charge is 0.150 e. The first-order valence-electron chi connectivity index (χ1n) is 6.62. The van der Waals surface area contributed by atoms with E-state index in [2.05, 4.69) is 36.5 Å². The molecule has 0 aromatic carbocycles. The maximum Gasteiger partial charge on any atom is 0.150 e. The lowest BCUT2D eigenvalue weighted by atomic mass is 9.93. The lowest BCUT2D eigenvalue weighted by Crippen LogP contribution is -2.23. The molecule has 1 aromatic heterocycles. The fourth-order valence-electron chi connectivity index (χ4n) is 2.15. The largest absolute Gasteiger partial charge is 0.310 e.